The van der Waals surface area contributed by atoms with Gasteiger partial charge in [0.1, 0.15) is 5.75 Å². The number of benzene rings is 3. The molecule has 14 heteroatoms. The van der Waals surface area contributed by atoms with Gasteiger partial charge >= 0.3 is 0 Å². The molecule has 0 saturated carbocycles. The number of fused-ring (bicyclic) bond motifs is 2. The third-order valence-corrected chi connectivity index (χ3v) is 17.5. The average Bonchev–Trinajstić information content (AvgIpc) is 3.94. The minimum absolute atomic E-state index is 0.0365. The van der Waals surface area contributed by atoms with Crippen molar-refractivity contribution >= 4 is 30.8 Å². The third kappa shape index (κ3) is 7.05. The van der Waals surface area contributed by atoms with Gasteiger partial charge in [-0.2, -0.15) is 0 Å². The number of methoxy groups -OCH3 is 3. The number of hydrogen-bond acceptors (Lipinski definition) is 9. The molecule has 5 heterocycles. The molecule has 2 amide bonds. The van der Waals surface area contributed by atoms with Crippen LogP contribution in [0.25, 0.3) is 11.4 Å². The largest absolute Gasteiger partial charge is 0.497 e. The molecule has 0 bridgehead atoms. The molecule has 8 rings (SSSR count). The number of ether oxygens (including phenoxy) is 4. The number of carbonyl (C=O) groups is 2. The first-order chi connectivity index (χ1) is 29.4. The standard InChI is InChI=1S/C47H52N4O9Si/c1-30-43(61(5,6)36-19-17-35(57-2)18-20-36)41(27-42(53)48-22-8-13-34(48)29-52)60-47(30)37-26-33(50-24-10-15-40(59-4)45(50)55)16-21-38(37)51(46(47)56)28-31-11-7-12-32(25-31)49-23-9-14-39(58-3)44(49)54/h7,9-12,14-21,23-26,30,34,41,43,52H,8,13,22,27-29H2,1-6H3/t30-,34-,41+,43-,47+/m0/s1. The number of likely N-dealkylation sites (tertiary alicyclic amines) is 1. The van der Waals surface area contributed by atoms with Crippen molar-refractivity contribution in [3.8, 4) is 28.6 Å². The first-order valence-corrected chi connectivity index (χ1v) is 23.8. The van der Waals surface area contributed by atoms with Gasteiger partial charge in [0, 0.05) is 41.8 Å². The van der Waals surface area contributed by atoms with Gasteiger partial charge in [-0.1, -0.05) is 49.5 Å². The van der Waals surface area contributed by atoms with Gasteiger partial charge in [-0.25, -0.2) is 0 Å². The Kier molecular flexibility index (Phi) is 11.3. The Balaban J connectivity index is 1.27. The van der Waals surface area contributed by atoms with E-state index in [1.807, 2.05) is 54.6 Å². The number of nitrogens with zero attached hydrogens (tertiary/aromatic N) is 4. The van der Waals surface area contributed by atoms with Gasteiger partial charge in [-0.15, -0.1) is 0 Å². The lowest BCUT2D eigenvalue weighted by atomic mass is 9.82. The van der Waals surface area contributed by atoms with E-state index >= 15 is 4.79 Å². The number of rotatable bonds is 12. The number of aliphatic hydroxyl groups is 1. The number of anilines is 1. The molecule has 1 spiro atoms. The van der Waals surface area contributed by atoms with Crippen molar-refractivity contribution in [2.24, 2.45) is 5.92 Å². The maximum absolute atomic E-state index is 15.7. The lowest BCUT2D eigenvalue weighted by molar-refractivity contribution is -0.150. The molecular weight excluding hydrogens is 793 g/mol. The highest BCUT2D eigenvalue weighted by Crippen LogP contribution is 2.60. The summed E-state index contributed by atoms with van der Waals surface area (Å²) in [6.07, 6.45) is 4.25. The Labute approximate surface area is 355 Å². The van der Waals surface area contributed by atoms with Crippen LogP contribution < -0.4 is 35.4 Å². The summed E-state index contributed by atoms with van der Waals surface area (Å²) in [4.78, 5) is 60.4. The minimum Gasteiger partial charge on any atom is -0.497 e. The highest BCUT2D eigenvalue weighted by molar-refractivity contribution is 6.91. The topological polar surface area (TPSA) is 142 Å². The second-order valence-corrected chi connectivity index (χ2v) is 21.4. The Hall–Kier alpha value is -5.96. The molecule has 5 atom stereocenters. The molecule has 5 aromatic rings. The molecule has 2 saturated heterocycles. The zero-order chi connectivity index (χ0) is 43.2. The molecule has 2 fully saturated rings. The fraction of sp³-hybridized carbons (Fsp3) is 0.362. The van der Waals surface area contributed by atoms with E-state index in [0.717, 1.165) is 29.3 Å². The first kappa shape index (κ1) is 41.8. The maximum atomic E-state index is 15.7. The second kappa shape index (κ2) is 16.5. The van der Waals surface area contributed by atoms with Crippen LogP contribution in [0.3, 0.4) is 0 Å². The number of hydrogen-bond donors (Lipinski definition) is 1. The highest BCUT2D eigenvalue weighted by atomic mass is 28.3. The molecule has 0 radical (unpaired) electrons. The molecule has 3 aromatic carbocycles. The van der Waals surface area contributed by atoms with Gasteiger partial charge in [-0.05, 0) is 90.7 Å². The summed E-state index contributed by atoms with van der Waals surface area (Å²) >= 11 is 0. The lowest BCUT2D eigenvalue weighted by Crippen LogP contribution is -2.52. The Bertz CT molecular complexity index is 2590. The van der Waals surface area contributed by atoms with Crippen molar-refractivity contribution in [3.63, 3.8) is 0 Å². The molecule has 13 nitrogen and oxygen atoms in total. The smallest absolute Gasteiger partial charge is 0.297 e. The minimum atomic E-state index is -2.62. The Morgan fingerprint density at radius 2 is 1.49 bits per heavy atom. The monoisotopic (exact) mass is 844 g/mol. The van der Waals surface area contributed by atoms with Crippen molar-refractivity contribution in [1.29, 1.82) is 0 Å². The van der Waals surface area contributed by atoms with Gasteiger partial charge in [-0.3, -0.25) is 28.3 Å². The maximum Gasteiger partial charge on any atom is 0.297 e. The van der Waals surface area contributed by atoms with Gasteiger partial charge in [0.05, 0.1) is 66.8 Å². The number of carbonyl (C=O) groups excluding carboxylic acids is 2. The van der Waals surface area contributed by atoms with Gasteiger partial charge in [0.15, 0.2) is 17.1 Å². The van der Waals surface area contributed by atoms with Gasteiger partial charge in [0.2, 0.25) is 5.91 Å². The van der Waals surface area contributed by atoms with E-state index < -0.39 is 25.7 Å². The molecule has 0 aliphatic carbocycles. The van der Waals surface area contributed by atoms with E-state index in [1.54, 1.807) is 53.6 Å². The van der Waals surface area contributed by atoms with E-state index in [4.69, 9.17) is 18.9 Å². The fourth-order valence-electron chi connectivity index (χ4n) is 10.1. The molecule has 1 N–H and O–H groups in total. The highest BCUT2D eigenvalue weighted by Gasteiger charge is 2.66. The van der Waals surface area contributed by atoms with Gasteiger partial charge in [0.25, 0.3) is 17.0 Å². The van der Waals surface area contributed by atoms with Crippen LogP contribution in [0.5, 0.6) is 17.2 Å². The SMILES string of the molecule is COc1ccc([Si](C)(C)[C@@H]2[C@@H](CC(=O)N3CCC[C@H]3CO)O[C@]3(C(=O)N(Cc4cccc(-n5cccc(OC)c5=O)c4)c4ccc(-n5cccc(OC)c5=O)cc43)[C@H]2C)cc1. The van der Waals surface area contributed by atoms with Crippen molar-refractivity contribution in [2.75, 3.05) is 39.4 Å². The quantitative estimate of drug-likeness (QED) is 0.169. The van der Waals surface area contributed by atoms with Crippen LogP contribution in [-0.2, 0) is 26.5 Å². The van der Waals surface area contributed by atoms with E-state index in [2.05, 4.69) is 32.2 Å². The number of amides is 2. The van der Waals surface area contributed by atoms with Crippen LogP contribution in [0, 0.1) is 5.92 Å². The normalized spacial score (nSPS) is 22.2. The van der Waals surface area contributed by atoms with Crippen molar-refractivity contribution in [3.05, 3.63) is 135 Å². The zero-order valence-corrected chi connectivity index (χ0v) is 36.4. The Morgan fingerprint density at radius 3 is 2.11 bits per heavy atom. The predicted molar refractivity (Wildman–Crippen MR) is 234 cm³/mol. The number of aromatic nitrogens is 2. The van der Waals surface area contributed by atoms with Crippen LogP contribution >= 0.6 is 0 Å². The van der Waals surface area contributed by atoms with Crippen molar-refractivity contribution in [1.82, 2.24) is 14.0 Å². The predicted octanol–water partition coefficient (Wildman–Crippen LogP) is 5.15. The fourth-order valence-corrected chi connectivity index (χ4v) is 14.1. The summed E-state index contributed by atoms with van der Waals surface area (Å²) in [5.74, 6) is 0.286. The number of aliphatic hydroxyl groups excluding tert-OH is 1. The van der Waals surface area contributed by atoms with Crippen LogP contribution in [0.1, 0.15) is 37.3 Å². The molecular formula is C47H52N4O9Si. The average molecular weight is 845 g/mol. The second-order valence-electron chi connectivity index (χ2n) is 16.7. The number of pyridine rings is 2. The van der Waals surface area contributed by atoms with E-state index in [9.17, 15) is 19.5 Å². The van der Waals surface area contributed by atoms with Crippen molar-refractivity contribution in [2.45, 2.75) is 69.1 Å². The van der Waals surface area contributed by atoms with Crippen LogP contribution in [0.15, 0.2) is 113 Å². The van der Waals surface area contributed by atoms with E-state index in [1.165, 1.54) is 23.4 Å². The summed E-state index contributed by atoms with van der Waals surface area (Å²) in [5, 5.41) is 11.3. The summed E-state index contributed by atoms with van der Waals surface area (Å²) in [5.41, 5.74) is 0.679. The van der Waals surface area contributed by atoms with Crippen LogP contribution in [0.4, 0.5) is 5.69 Å². The van der Waals surface area contributed by atoms with Crippen LogP contribution in [-0.4, -0.2) is 85.7 Å². The molecule has 3 aliphatic heterocycles. The summed E-state index contributed by atoms with van der Waals surface area (Å²) in [7, 11) is 1.91. The first-order valence-electron chi connectivity index (χ1n) is 20.7. The summed E-state index contributed by atoms with van der Waals surface area (Å²) in [6.45, 7) is 7.17. The van der Waals surface area contributed by atoms with Crippen LogP contribution in [0.2, 0.25) is 18.6 Å². The third-order valence-electron chi connectivity index (χ3n) is 13.2. The van der Waals surface area contributed by atoms with Gasteiger partial charge < -0.3 is 33.9 Å². The summed E-state index contributed by atoms with van der Waals surface area (Å²) < 4.78 is 26.5. The molecule has 3 aliphatic rings. The molecule has 61 heavy (non-hydrogen) atoms. The molecule has 318 valence electrons. The van der Waals surface area contributed by atoms with E-state index in [0.29, 0.717) is 29.2 Å². The lowest BCUT2D eigenvalue weighted by Gasteiger charge is -2.37. The zero-order valence-electron chi connectivity index (χ0n) is 35.4. The Morgan fingerprint density at radius 1 is 0.836 bits per heavy atom. The molecule has 2 aromatic heterocycles. The molecule has 0 unspecified atom stereocenters. The van der Waals surface area contributed by atoms with Crippen molar-refractivity contribution < 1.29 is 33.6 Å². The van der Waals surface area contributed by atoms with E-state index in [-0.39, 0.29) is 65.6 Å². The summed E-state index contributed by atoms with van der Waals surface area (Å²) in [6, 6.07) is 27.5.